The smallest absolute Gasteiger partial charge is 0.137 e. The Hall–Kier alpha value is -7.42. The second kappa shape index (κ2) is 12.8. The van der Waals surface area contributed by atoms with Crippen LogP contribution < -0.4 is 4.90 Å². The number of hydrogen-bond donors (Lipinski definition) is 0. The Morgan fingerprint density at radius 2 is 0.915 bits per heavy atom. The van der Waals surface area contributed by atoms with E-state index in [1.807, 2.05) is 6.07 Å². The topological polar surface area (TPSA) is 16.4 Å². The van der Waals surface area contributed by atoms with E-state index >= 15 is 0 Å². The van der Waals surface area contributed by atoms with Crippen LogP contribution in [-0.2, 0) is 10.8 Å². The van der Waals surface area contributed by atoms with Crippen molar-refractivity contribution in [2.45, 2.75) is 17.8 Å². The molecule has 0 fully saturated rings. The summed E-state index contributed by atoms with van der Waals surface area (Å²) in [5, 5.41) is 2.24. The van der Waals surface area contributed by atoms with Crippen LogP contribution >= 0.6 is 0 Å². The van der Waals surface area contributed by atoms with E-state index in [0.29, 0.717) is 0 Å². The van der Waals surface area contributed by atoms with Crippen molar-refractivity contribution < 1.29 is 4.42 Å². The summed E-state index contributed by atoms with van der Waals surface area (Å²) in [4.78, 5) is 2.47. The van der Waals surface area contributed by atoms with Gasteiger partial charge in [0.15, 0.2) is 0 Å². The minimum absolute atomic E-state index is 0.334. The van der Waals surface area contributed by atoms with Crippen molar-refractivity contribution >= 4 is 39.0 Å². The van der Waals surface area contributed by atoms with E-state index in [1.165, 1.54) is 61.2 Å². The molecule has 0 radical (unpaired) electrons. The Balaban J connectivity index is 1.15. The second-order valence-electron chi connectivity index (χ2n) is 16.1. The maximum Gasteiger partial charge on any atom is 0.137 e. The molecule has 0 N–H and O–H groups in total. The monoisotopic (exact) mass is 753 g/mol. The third kappa shape index (κ3) is 4.69. The van der Waals surface area contributed by atoms with Crippen molar-refractivity contribution in [1.29, 1.82) is 0 Å². The van der Waals surface area contributed by atoms with Gasteiger partial charge in [0.05, 0.1) is 11.1 Å². The first kappa shape index (κ1) is 33.7. The molecule has 0 bridgehead atoms. The number of benzene rings is 9. The molecule has 0 saturated heterocycles. The van der Waals surface area contributed by atoms with Gasteiger partial charge in [0.1, 0.15) is 11.2 Å². The second-order valence-corrected chi connectivity index (χ2v) is 16.1. The molecule has 0 amide bonds. The fourth-order valence-electron chi connectivity index (χ4n) is 10.6. The first-order valence-electron chi connectivity index (χ1n) is 20.5. The molecule has 1 heterocycles. The fraction of sp³-hybridized carbons (Fsp3) is 0.0526. The quantitative estimate of drug-likeness (QED) is 0.168. The van der Waals surface area contributed by atoms with Crippen molar-refractivity contribution in [3.63, 3.8) is 0 Å². The van der Waals surface area contributed by atoms with Gasteiger partial charge in [0, 0.05) is 39.2 Å². The maximum atomic E-state index is 6.57. The maximum absolute atomic E-state index is 6.57. The highest BCUT2D eigenvalue weighted by Crippen LogP contribution is 2.59. The van der Waals surface area contributed by atoms with Crippen LogP contribution in [0.15, 0.2) is 223 Å². The molecule has 10 aromatic rings. The minimum Gasteiger partial charge on any atom is -0.456 e. The Bertz CT molecular complexity index is 3200. The summed E-state index contributed by atoms with van der Waals surface area (Å²) in [6.45, 7) is 2.39. The van der Waals surface area contributed by atoms with Crippen LogP contribution in [0.4, 0.5) is 17.1 Å². The third-order valence-electron chi connectivity index (χ3n) is 13.2. The molecule has 2 heteroatoms. The summed E-state index contributed by atoms with van der Waals surface area (Å²) in [7, 11) is 0. The lowest BCUT2D eigenvalue weighted by Crippen LogP contribution is -2.28. The van der Waals surface area contributed by atoms with Gasteiger partial charge in [-0.05, 0) is 99.0 Å². The number of para-hydroxylation sites is 1. The molecule has 2 aliphatic rings. The lowest BCUT2D eigenvalue weighted by molar-refractivity contribution is 0.669. The molecule has 1 unspecified atom stereocenters. The summed E-state index contributed by atoms with van der Waals surface area (Å²) in [6.07, 6.45) is 0. The molecular formula is C57H39NO. The number of furan rings is 1. The zero-order valence-electron chi connectivity index (χ0n) is 32.6. The Kier molecular flexibility index (Phi) is 7.31. The molecule has 12 rings (SSSR count). The van der Waals surface area contributed by atoms with Crippen molar-refractivity contribution in [2.24, 2.45) is 0 Å². The van der Waals surface area contributed by atoms with E-state index in [4.69, 9.17) is 4.42 Å². The highest BCUT2D eigenvalue weighted by Gasteiger charge is 2.47. The zero-order chi connectivity index (χ0) is 39.1. The van der Waals surface area contributed by atoms with Crippen molar-refractivity contribution in [1.82, 2.24) is 0 Å². The van der Waals surface area contributed by atoms with Crippen LogP contribution in [0.3, 0.4) is 0 Å². The van der Waals surface area contributed by atoms with Gasteiger partial charge in [-0.25, -0.2) is 0 Å². The summed E-state index contributed by atoms with van der Waals surface area (Å²) < 4.78 is 6.57. The molecule has 0 aliphatic heterocycles. The molecule has 1 aromatic heterocycles. The molecule has 9 aromatic carbocycles. The van der Waals surface area contributed by atoms with E-state index in [-0.39, 0.29) is 5.41 Å². The number of hydrogen-bond acceptors (Lipinski definition) is 2. The normalized spacial score (nSPS) is 15.7. The first-order valence-corrected chi connectivity index (χ1v) is 20.5. The molecule has 1 atom stereocenters. The molecule has 0 saturated carbocycles. The Morgan fingerprint density at radius 1 is 0.373 bits per heavy atom. The van der Waals surface area contributed by atoms with Crippen LogP contribution in [0.1, 0.15) is 45.9 Å². The molecule has 278 valence electrons. The van der Waals surface area contributed by atoms with E-state index in [1.54, 1.807) is 0 Å². The highest BCUT2D eigenvalue weighted by molar-refractivity contribution is 6.07. The van der Waals surface area contributed by atoms with Gasteiger partial charge in [0.2, 0.25) is 0 Å². The van der Waals surface area contributed by atoms with Crippen LogP contribution in [0.5, 0.6) is 0 Å². The third-order valence-corrected chi connectivity index (χ3v) is 13.2. The first-order chi connectivity index (χ1) is 29.2. The molecule has 0 spiro atoms. The van der Waals surface area contributed by atoms with E-state index in [0.717, 1.165) is 39.0 Å². The minimum atomic E-state index is -0.477. The molecule has 2 nitrogen and oxygen atoms in total. The van der Waals surface area contributed by atoms with E-state index in [2.05, 4.69) is 224 Å². The molecule has 59 heavy (non-hydrogen) atoms. The lowest BCUT2D eigenvalue weighted by Gasteiger charge is -2.34. The Morgan fingerprint density at radius 3 is 1.66 bits per heavy atom. The van der Waals surface area contributed by atoms with Crippen LogP contribution in [0.25, 0.3) is 44.2 Å². The van der Waals surface area contributed by atoms with Gasteiger partial charge in [-0.1, -0.05) is 176 Å². The van der Waals surface area contributed by atoms with Crippen LogP contribution in [0, 0.1) is 0 Å². The lowest BCUT2D eigenvalue weighted by atomic mass is 9.68. The van der Waals surface area contributed by atoms with Crippen molar-refractivity contribution in [3.05, 3.63) is 257 Å². The number of rotatable bonds is 6. The van der Waals surface area contributed by atoms with Crippen LogP contribution in [0.2, 0.25) is 0 Å². The standard InChI is InChI=1S/C57H39NO/c1-56(38-18-5-2-6-19-38)48-27-14-12-26-46(48)55-51(56)29-17-30-52(55)58(42-32-34-45-44-25-13-16-31-53(44)59-54(45)37-42)41-33-35-50-47(36-41)43-24-11-15-28-49(43)57(50,39-20-7-3-8-21-39)40-22-9-4-10-23-40/h2-37H,1H3. The van der Waals surface area contributed by atoms with Crippen molar-refractivity contribution in [3.8, 4) is 22.3 Å². The van der Waals surface area contributed by atoms with Gasteiger partial charge in [0.25, 0.3) is 0 Å². The van der Waals surface area contributed by atoms with Gasteiger partial charge in [-0.15, -0.1) is 0 Å². The van der Waals surface area contributed by atoms with Crippen LogP contribution in [-0.4, -0.2) is 0 Å². The highest BCUT2D eigenvalue weighted by atomic mass is 16.3. The summed E-state index contributed by atoms with van der Waals surface area (Å²) in [6, 6.07) is 80.1. The summed E-state index contributed by atoms with van der Waals surface area (Å²) in [5.74, 6) is 0. The Labute approximate surface area is 344 Å². The molecule has 2 aliphatic carbocycles. The van der Waals surface area contributed by atoms with E-state index in [9.17, 15) is 0 Å². The molecular weight excluding hydrogens is 715 g/mol. The average Bonchev–Trinajstić information content (AvgIpc) is 3.92. The zero-order valence-corrected chi connectivity index (χ0v) is 32.6. The van der Waals surface area contributed by atoms with Gasteiger partial charge in [-0.2, -0.15) is 0 Å². The average molecular weight is 754 g/mol. The van der Waals surface area contributed by atoms with Gasteiger partial charge < -0.3 is 9.32 Å². The van der Waals surface area contributed by atoms with E-state index < -0.39 is 5.41 Å². The largest absolute Gasteiger partial charge is 0.456 e. The number of fused-ring (bicyclic) bond motifs is 9. The number of anilines is 3. The van der Waals surface area contributed by atoms with Gasteiger partial charge >= 0.3 is 0 Å². The number of nitrogens with zero attached hydrogens (tertiary/aromatic N) is 1. The van der Waals surface area contributed by atoms with Gasteiger partial charge in [-0.3, -0.25) is 0 Å². The van der Waals surface area contributed by atoms with Crippen molar-refractivity contribution in [2.75, 3.05) is 4.90 Å². The SMILES string of the molecule is CC1(c2ccccc2)c2ccccc2-c2c(N(c3ccc4c(c3)-c3ccccc3C4(c3ccccc3)c3ccccc3)c3ccc4c(c3)oc3ccccc34)cccc21. The summed E-state index contributed by atoms with van der Waals surface area (Å²) in [5.41, 5.74) is 18.2. The fourth-order valence-corrected chi connectivity index (χ4v) is 10.6. The summed E-state index contributed by atoms with van der Waals surface area (Å²) >= 11 is 0. The predicted molar refractivity (Wildman–Crippen MR) is 243 cm³/mol. The predicted octanol–water partition coefficient (Wildman–Crippen LogP) is 14.8.